The smallest absolute Gasteiger partial charge is 0.270 e. The fourth-order valence-electron chi connectivity index (χ4n) is 4.57. The van der Waals surface area contributed by atoms with Crippen LogP contribution in [0.3, 0.4) is 0 Å². The predicted octanol–water partition coefficient (Wildman–Crippen LogP) is 2.00. The average molecular weight is 393 g/mol. The van der Waals surface area contributed by atoms with E-state index < -0.39 is 5.41 Å². The van der Waals surface area contributed by atoms with Crippen molar-refractivity contribution in [2.24, 2.45) is 12.5 Å². The summed E-state index contributed by atoms with van der Waals surface area (Å²) < 4.78 is 1.75. The average Bonchev–Trinajstić information content (AvgIpc) is 3.28. The summed E-state index contributed by atoms with van der Waals surface area (Å²) >= 11 is 0. The molecule has 1 spiro atoms. The summed E-state index contributed by atoms with van der Waals surface area (Å²) in [4.78, 5) is 41.8. The fraction of sp³-hybridized carbons (Fsp3) is 0.435. The Bertz CT molecular complexity index is 998. The van der Waals surface area contributed by atoms with Gasteiger partial charge in [0.25, 0.3) is 5.91 Å². The molecule has 0 bridgehead atoms. The van der Waals surface area contributed by atoms with Crippen LogP contribution < -0.4 is 5.43 Å². The highest BCUT2D eigenvalue weighted by molar-refractivity contribution is 5.94. The van der Waals surface area contributed by atoms with Crippen LogP contribution >= 0.6 is 0 Å². The second-order valence-corrected chi connectivity index (χ2v) is 8.31. The number of nitrogens with zero attached hydrogens (tertiary/aromatic N) is 3. The number of aromatic nitrogens is 1. The van der Waals surface area contributed by atoms with Gasteiger partial charge in [0.05, 0.1) is 5.41 Å². The van der Waals surface area contributed by atoms with Crippen molar-refractivity contribution in [1.82, 2.24) is 14.4 Å². The normalized spacial score (nSPS) is 21.4. The van der Waals surface area contributed by atoms with Crippen molar-refractivity contribution in [3.63, 3.8) is 0 Å². The summed E-state index contributed by atoms with van der Waals surface area (Å²) in [5.74, 6) is 0.00238. The van der Waals surface area contributed by atoms with Crippen LogP contribution in [0.25, 0.3) is 0 Å². The number of carbonyl (C=O) groups excluding carboxylic acids is 2. The molecule has 4 rings (SSSR count). The standard InChI is InChI=1S/C23H27N3O3/c1-17-14-19(27)15-20(24(17)2)21(28)26-13-10-23(16-26)9-12-25(22(23)29)11-8-18-6-4-3-5-7-18/h3-7,14-15H,8-13,16H2,1-2H3. The molecule has 2 aromatic rings. The molecule has 1 atom stereocenters. The molecule has 0 N–H and O–H groups in total. The first-order chi connectivity index (χ1) is 13.9. The van der Waals surface area contributed by atoms with Crippen LogP contribution in [0.1, 0.15) is 34.6 Å². The van der Waals surface area contributed by atoms with E-state index in [9.17, 15) is 14.4 Å². The molecule has 6 heteroatoms. The van der Waals surface area contributed by atoms with Crippen LogP contribution in [0.2, 0.25) is 0 Å². The van der Waals surface area contributed by atoms with Gasteiger partial charge >= 0.3 is 0 Å². The molecule has 2 aliphatic heterocycles. The Labute approximate surface area is 170 Å². The lowest BCUT2D eigenvalue weighted by Crippen LogP contribution is -2.39. The minimum Gasteiger partial charge on any atom is -0.344 e. The van der Waals surface area contributed by atoms with Gasteiger partial charge in [-0.1, -0.05) is 30.3 Å². The molecule has 0 radical (unpaired) electrons. The zero-order valence-corrected chi connectivity index (χ0v) is 17.1. The zero-order valence-electron chi connectivity index (χ0n) is 17.1. The first-order valence-electron chi connectivity index (χ1n) is 10.2. The molecule has 2 aliphatic rings. The SMILES string of the molecule is Cc1cc(=O)cc(C(=O)N2CCC3(CCN(CCc4ccccc4)C3=O)C2)n1C. The molecule has 0 aliphatic carbocycles. The van der Waals surface area contributed by atoms with E-state index in [2.05, 4.69) is 12.1 Å². The van der Waals surface area contributed by atoms with E-state index in [-0.39, 0.29) is 17.2 Å². The summed E-state index contributed by atoms with van der Waals surface area (Å²) in [6, 6.07) is 13.1. The Balaban J connectivity index is 1.44. The molecular weight excluding hydrogens is 366 g/mol. The first kappa shape index (κ1) is 19.4. The van der Waals surface area contributed by atoms with Gasteiger partial charge < -0.3 is 14.4 Å². The Kier molecular flexibility index (Phi) is 5.03. The third-order valence-corrected chi connectivity index (χ3v) is 6.50. The molecule has 29 heavy (non-hydrogen) atoms. The maximum Gasteiger partial charge on any atom is 0.270 e. The first-order valence-corrected chi connectivity index (χ1v) is 10.2. The van der Waals surface area contributed by atoms with E-state index in [1.807, 2.05) is 30.0 Å². The zero-order chi connectivity index (χ0) is 20.6. The van der Waals surface area contributed by atoms with E-state index in [4.69, 9.17) is 0 Å². The number of carbonyl (C=O) groups is 2. The van der Waals surface area contributed by atoms with E-state index in [0.29, 0.717) is 31.7 Å². The molecule has 1 aromatic carbocycles. The van der Waals surface area contributed by atoms with Crippen LogP contribution in [0.5, 0.6) is 0 Å². The molecule has 2 amide bonds. The minimum atomic E-state index is -0.463. The van der Waals surface area contributed by atoms with Gasteiger partial charge in [0.2, 0.25) is 5.91 Å². The number of likely N-dealkylation sites (tertiary alicyclic amines) is 2. The van der Waals surface area contributed by atoms with Gasteiger partial charge in [-0.25, -0.2) is 0 Å². The van der Waals surface area contributed by atoms with Gasteiger partial charge in [0.15, 0.2) is 5.43 Å². The highest BCUT2D eigenvalue weighted by atomic mass is 16.2. The van der Waals surface area contributed by atoms with Crippen molar-refractivity contribution in [2.45, 2.75) is 26.2 Å². The number of hydrogen-bond donors (Lipinski definition) is 0. The Morgan fingerprint density at radius 1 is 1.07 bits per heavy atom. The van der Waals surface area contributed by atoms with Gasteiger partial charge in [-0.3, -0.25) is 14.4 Å². The topological polar surface area (TPSA) is 62.6 Å². The molecule has 2 saturated heterocycles. The number of hydrogen-bond acceptors (Lipinski definition) is 3. The van der Waals surface area contributed by atoms with Crippen LogP contribution in [0.4, 0.5) is 0 Å². The van der Waals surface area contributed by atoms with Gasteiger partial charge in [0, 0.05) is 51.1 Å². The summed E-state index contributed by atoms with van der Waals surface area (Å²) in [6.07, 6.45) is 2.33. The second-order valence-electron chi connectivity index (χ2n) is 8.31. The van der Waals surface area contributed by atoms with Crippen LogP contribution in [0.15, 0.2) is 47.3 Å². The summed E-state index contributed by atoms with van der Waals surface area (Å²) in [5, 5.41) is 0. The van der Waals surface area contributed by atoms with Gasteiger partial charge in [-0.2, -0.15) is 0 Å². The lowest BCUT2D eigenvalue weighted by molar-refractivity contribution is -0.135. The number of aryl methyl sites for hydroxylation is 1. The monoisotopic (exact) mass is 393 g/mol. The van der Waals surface area contributed by atoms with Crippen LogP contribution in [-0.2, 0) is 18.3 Å². The van der Waals surface area contributed by atoms with E-state index >= 15 is 0 Å². The molecule has 152 valence electrons. The lowest BCUT2D eigenvalue weighted by Gasteiger charge is -2.24. The van der Waals surface area contributed by atoms with Crippen molar-refractivity contribution < 1.29 is 9.59 Å². The van der Waals surface area contributed by atoms with Crippen molar-refractivity contribution in [1.29, 1.82) is 0 Å². The highest BCUT2D eigenvalue weighted by Crippen LogP contribution is 2.41. The molecule has 3 heterocycles. The maximum absolute atomic E-state index is 13.2. The summed E-state index contributed by atoms with van der Waals surface area (Å²) in [6.45, 7) is 4.27. The van der Waals surface area contributed by atoms with E-state index in [1.54, 1.807) is 16.5 Å². The summed E-state index contributed by atoms with van der Waals surface area (Å²) in [7, 11) is 1.79. The van der Waals surface area contributed by atoms with Crippen LogP contribution in [0, 0.1) is 12.3 Å². The van der Waals surface area contributed by atoms with Crippen molar-refractivity contribution in [3.05, 3.63) is 69.6 Å². The van der Waals surface area contributed by atoms with E-state index in [1.165, 1.54) is 17.7 Å². The minimum absolute atomic E-state index is 0.165. The molecule has 1 aromatic heterocycles. The molecule has 6 nitrogen and oxygen atoms in total. The maximum atomic E-state index is 13.2. The Morgan fingerprint density at radius 3 is 2.55 bits per heavy atom. The molecule has 2 fully saturated rings. The Morgan fingerprint density at radius 2 is 1.79 bits per heavy atom. The third-order valence-electron chi connectivity index (χ3n) is 6.50. The van der Waals surface area contributed by atoms with Crippen molar-refractivity contribution in [2.75, 3.05) is 26.2 Å². The summed E-state index contributed by atoms with van der Waals surface area (Å²) in [5.41, 5.74) is 1.73. The quantitative estimate of drug-likeness (QED) is 0.798. The molecule has 1 unspecified atom stereocenters. The number of benzene rings is 1. The Hall–Kier alpha value is -2.89. The lowest BCUT2D eigenvalue weighted by atomic mass is 9.85. The molecule has 0 saturated carbocycles. The van der Waals surface area contributed by atoms with Gasteiger partial charge in [-0.15, -0.1) is 0 Å². The van der Waals surface area contributed by atoms with Crippen molar-refractivity contribution in [3.8, 4) is 0 Å². The third kappa shape index (κ3) is 3.59. The van der Waals surface area contributed by atoms with E-state index in [0.717, 1.165) is 25.1 Å². The van der Waals surface area contributed by atoms with Gasteiger partial charge in [-0.05, 0) is 31.7 Å². The number of amides is 2. The molecular formula is C23H27N3O3. The largest absolute Gasteiger partial charge is 0.344 e. The highest BCUT2D eigenvalue weighted by Gasteiger charge is 2.51. The second kappa shape index (κ2) is 7.50. The predicted molar refractivity (Wildman–Crippen MR) is 111 cm³/mol. The number of rotatable bonds is 4. The number of pyridine rings is 1. The van der Waals surface area contributed by atoms with Crippen LogP contribution in [-0.4, -0.2) is 52.4 Å². The van der Waals surface area contributed by atoms with Gasteiger partial charge in [0.1, 0.15) is 5.69 Å². The fourth-order valence-corrected chi connectivity index (χ4v) is 4.57. The van der Waals surface area contributed by atoms with Crippen molar-refractivity contribution >= 4 is 11.8 Å².